The van der Waals surface area contributed by atoms with Gasteiger partial charge in [0.2, 0.25) is 5.78 Å². The zero-order valence-corrected chi connectivity index (χ0v) is 15.9. The van der Waals surface area contributed by atoms with Crippen molar-refractivity contribution in [2.24, 2.45) is 17.8 Å². The van der Waals surface area contributed by atoms with Crippen molar-refractivity contribution in [1.82, 2.24) is 0 Å². The molecule has 0 saturated carbocycles. The van der Waals surface area contributed by atoms with E-state index >= 15 is 0 Å². The number of carbonyl (C=O) groups is 1. The van der Waals surface area contributed by atoms with Gasteiger partial charge in [0.15, 0.2) is 0 Å². The van der Waals surface area contributed by atoms with Crippen LogP contribution in [0, 0.1) is 17.8 Å². The van der Waals surface area contributed by atoms with Gasteiger partial charge >= 0.3 is 0 Å². The number of carbonyl (C=O) groups excluding carboxylic acids is 1. The van der Waals surface area contributed by atoms with Crippen LogP contribution in [0.25, 0.3) is 0 Å². The molecule has 1 unspecified atom stereocenters. The first-order valence-electron chi connectivity index (χ1n) is 8.94. The Kier molecular flexibility index (Phi) is 7.06. The third-order valence-electron chi connectivity index (χ3n) is 4.66. The number of ketones is 1. The van der Waals surface area contributed by atoms with E-state index in [9.17, 15) is 9.90 Å². The first kappa shape index (κ1) is 20.0. The van der Waals surface area contributed by atoms with Crippen LogP contribution in [0.5, 0.6) is 0 Å². The molecular formula is C20H34O3. The lowest BCUT2D eigenvalue weighted by molar-refractivity contribution is -0.169. The maximum Gasteiger partial charge on any atom is 0.269 e. The van der Waals surface area contributed by atoms with Crippen molar-refractivity contribution < 1.29 is 14.6 Å². The predicted octanol–water partition coefficient (Wildman–Crippen LogP) is 5.00. The Morgan fingerprint density at radius 3 is 2.35 bits per heavy atom. The van der Waals surface area contributed by atoms with Crippen LogP contribution >= 0.6 is 0 Å². The third-order valence-corrected chi connectivity index (χ3v) is 4.66. The molecule has 3 nitrogen and oxygen atoms in total. The molecule has 132 valence electrons. The predicted molar refractivity (Wildman–Crippen MR) is 94.8 cm³/mol. The fraction of sp³-hybridized carbons (Fsp3) is 0.750. The van der Waals surface area contributed by atoms with Crippen molar-refractivity contribution >= 4 is 5.78 Å². The van der Waals surface area contributed by atoms with Crippen molar-refractivity contribution in [3.63, 3.8) is 0 Å². The molecular weight excluding hydrogens is 288 g/mol. The summed E-state index contributed by atoms with van der Waals surface area (Å²) >= 11 is 0. The number of rotatable bonds is 8. The van der Waals surface area contributed by atoms with Crippen molar-refractivity contribution in [1.29, 1.82) is 0 Å². The van der Waals surface area contributed by atoms with Gasteiger partial charge in [-0.3, -0.25) is 4.79 Å². The quantitative estimate of drug-likeness (QED) is 0.684. The topological polar surface area (TPSA) is 46.5 Å². The summed E-state index contributed by atoms with van der Waals surface area (Å²) in [4.78, 5) is 11.9. The number of ether oxygens (including phenoxy) is 1. The summed E-state index contributed by atoms with van der Waals surface area (Å²) in [6.45, 7) is 14.2. The molecule has 0 aromatic rings. The summed E-state index contributed by atoms with van der Waals surface area (Å²) in [5.41, 5.74) is 1.45. The highest BCUT2D eigenvalue weighted by atomic mass is 16.6. The van der Waals surface area contributed by atoms with Gasteiger partial charge in [-0.15, -0.1) is 0 Å². The summed E-state index contributed by atoms with van der Waals surface area (Å²) in [6.07, 6.45) is 7.10. The lowest BCUT2D eigenvalue weighted by Crippen LogP contribution is -2.32. The van der Waals surface area contributed by atoms with Gasteiger partial charge in [0.05, 0.1) is 0 Å². The molecule has 1 N–H and O–H groups in total. The molecule has 0 bridgehead atoms. The van der Waals surface area contributed by atoms with Gasteiger partial charge in [-0.25, -0.2) is 0 Å². The Bertz CT molecular complexity index is 485. The van der Waals surface area contributed by atoms with Gasteiger partial charge < -0.3 is 9.84 Å². The maximum absolute atomic E-state index is 11.9. The SMILES string of the molecule is CCC[C@H](C)C[C@H](C)C[C@H](C)/C=C(/C)C1=C(C)C(=O)C(C)(O)O1. The van der Waals surface area contributed by atoms with Crippen molar-refractivity contribution in [3.8, 4) is 0 Å². The largest absolute Gasteiger partial charge is 0.454 e. The van der Waals surface area contributed by atoms with Crippen LogP contribution in [0.3, 0.4) is 0 Å². The highest BCUT2D eigenvalue weighted by Crippen LogP contribution is 2.33. The van der Waals surface area contributed by atoms with Gasteiger partial charge in [0.25, 0.3) is 5.79 Å². The molecule has 23 heavy (non-hydrogen) atoms. The van der Waals surface area contributed by atoms with E-state index in [0.717, 1.165) is 17.9 Å². The summed E-state index contributed by atoms with van der Waals surface area (Å²) < 4.78 is 5.45. The Labute approximate surface area is 141 Å². The normalized spacial score (nSPS) is 26.3. The van der Waals surface area contributed by atoms with E-state index in [4.69, 9.17) is 4.74 Å². The molecule has 1 aliphatic heterocycles. The average Bonchev–Trinajstić information content (AvgIpc) is 2.62. The van der Waals surface area contributed by atoms with Gasteiger partial charge in [0, 0.05) is 12.5 Å². The molecule has 0 radical (unpaired) electrons. The van der Waals surface area contributed by atoms with Crippen molar-refractivity contribution in [2.75, 3.05) is 0 Å². The van der Waals surface area contributed by atoms with Crippen LogP contribution < -0.4 is 0 Å². The minimum Gasteiger partial charge on any atom is -0.454 e. The molecule has 0 spiro atoms. The summed E-state index contributed by atoms with van der Waals surface area (Å²) in [6, 6.07) is 0. The average molecular weight is 322 g/mol. The standard InChI is InChI=1S/C20H34O3/c1-8-9-13(2)10-14(3)11-15(4)12-16(5)18-17(6)19(21)20(7,22)23-18/h12-15,22H,8-11H2,1-7H3/b16-12-/t13-,14-,15-,20?/m0/s1. The monoisotopic (exact) mass is 322 g/mol. The van der Waals surface area contributed by atoms with Gasteiger partial charge in [0.1, 0.15) is 5.76 Å². The number of allylic oxidation sites excluding steroid dienone is 2. The van der Waals surface area contributed by atoms with Crippen molar-refractivity contribution in [3.05, 3.63) is 23.0 Å². The van der Waals surface area contributed by atoms with Gasteiger partial charge in [-0.2, -0.15) is 0 Å². The second-order valence-corrected chi connectivity index (χ2v) is 7.67. The summed E-state index contributed by atoms with van der Waals surface area (Å²) in [5.74, 6) is 0.376. The second-order valence-electron chi connectivity index (χ2n) is 7.67. The zero-order chi connectivity index (χ0) is 17.8. The highest BCUT2D eigenvalue weighted by Gasteiger charge is 2.42. The third kappa shape index (κ3) is 5.49. The molecule has 0 aromatic carbocycles. The molecule has 0 aliphatic carbocycles. The Balaban J connectivity index is 2.66. The van der Waals surface area contributed by atoms with E-state index in [-0.39, 0.29) is 5.78 Å². The maximum atomic E-state index is 11.9. The first-order valence-corrected chi connectivity index (χ1v) is 8.94. The molecule has 0 saturated heterocycles. The number of hydrogen-bond acceptors (Lipinski definition) is 3. The zero-order valence-electron chi connectivity index (χ0n) is 15.9. The minimum absolute atomic E-state index is 0.338. The number of aliphatic hydroxyl groups is 1. The van der Waals surface area contributed by atoms with Crippen LogP contribution in [-0.4, -0.2) is 16.7 Å². The van der Waals surface area contributed by atoms with E-state index in [1.807, 2.05) is 6.92 Å². The summed E-state index contributed by atoms with van der Waals surface area (Å²) in [7, 11) is 0. The molecule has 1 rings (SSSR count). The van der Waals surface area contributed by atoms with E-state index in [0.29, 0.717) is 23.2 Å². The van der Waals surface area contributed by atoms with E-state index < -0.39 is 5.79 Å². The fourth-order valence-corrected chi connectivity index (χ4v) is 3.75. The van der Waals surface area contributed by atoms with Crippen molar-refractivity contribution in [2.45, 2.75) is 79.9 Å². The smallest absolute Gasteiger partial charge is 0.269 e. The molecule has 3 heteroatoms. The highest BCUT2D eigenvalue weighted by molar-refractivity contribution is 6.03. The number of Topliss-reactive ketones (excluding diaryl/α,β-unsaturated/α-hetero) is 1. The van der Waals surface area contributed by atoms with Crippen LogP contribution in [0.4, 0.5) is 0 Å². The Hall–Kier alpha value is -1.09. The van der Waals surface area contributed by atoms with Crippen LogP contribution in [0.1, 0.15) is 74.1 Å². The molecule has 1 heterocycles. The molecule has 0 amide bonds. The minimum atomic E-state index is -1.71. The molecule has 0 fully saturated rings. The van der Waals surface area contributed by atoms with Crippen LogP contribution in [0.2, 0.25) is 0 Å². The molecule has 0 aromatic heterocycles. The molecule has 1 aliphatic rings. The van der Waals surface area contributed by atoms with Gasteiger partial charge in [-0.05, 0) is 50.0 Å². The lowest BCUT2D eigenvalue weighted by Gasteiger charge is -2.20. The van der Waals surface area contributed by atoms with Gasteiger partial charge in [-0.1, -0.05) is 46.6 Å². The first-order chi connectivity index (χ1) is 10.6. The lowest BCUT2D eigenvalue weighted by atomic mass is 9.87. The van der Waals surface area contributed by atoms with Crippen LogP contribution in [0.15, 0.2) is 23.0 Å². The van der Waals surface area contributed by atoms with E-state index in [2.05, 4.69) is 33.8 Å². The second kappa shape index (κ2) is 8.14. The fourth-order valence-electron chi connectivity index (χ4n) is 3.75. The molecule has 4 atom stereocenters. The number of hydrogen-bond donors (Lipinski definition) is 1. The Morgan fingerprint density at radius 1 is 1.26 bits per heavy atom. The van der Waals surface area contributed by atoms with Crippen LogP contribution in [-0.2, 0) is 9.53 Å². The van der Waals surface area contributed by atoms with E-state index in [1.165, 1.54) is 26.2 Å². The van der Waals surface area contributed by atoms with E-state index in [1.54, 1.807) is 6.92 Å². The Morgan fingerprint density at radius 2 is 1.87 bits per heavy atom. The summed E-state index contributed by atoms with van der Waals surface area (Å²) in [5, 5.41) is 9.94.